The Morgan fingerprint density at radius 3 is 2.96 bits per heavy atom. The zero-order valence-electron chi connectivity index (χ0n) is 14.6. The second-order valence-corrected chi connectivity index (χ2v) is 7.77. The van der Waals surface area contributed by atoms with Crippen LogP contribution in [0.25, 0.3) is 22.3 Å². The van der Waals surface area contributed by atoms with Crippen molar-refractivity contribution in [3.8, 4) is 11.4 Å². The number of aromatic nitrogens is 2. The van der Waals surface area contributed by atoms with E-state index < -0.39 is 5.92 Å². The molecule has 27 heavy (non-hydrogen) atoms. The van der Waals surface area contributed by atoms with E-state index >= 15 is 0 Å². The summed E-state index contributed by atoms with van der Waals surface area (Å²) in [5.74, 6) is -0.833. The van der Waals surface area contributed by atoms with Gasteiger partial charge in [-0.25, -0.2) is 4.98 Å². The fourth-order valence-corrected chi connectivity index (χ4v) is 4.66. The van der Waals surface area contributed by atoms with Gasteiger partial charge in [0.15, 0.2) is 0 Å². The molecule has 136 valence electrons. The number of nitrogens with zero attached hydrogens (tertiary/aromatic N) is 2. The van der Waals surface area contributed by atoms with Crippen molar-refractivity contribution in [2.24, 2.45) is 0 Å². The fraction of sp³-hybridized carbons (Fsp3) is 0.250. The van der Waals surface area contributed by atoms with Crippen molar-refractivity contribution in [2.75, 3.05) is 5.73 Å². The Morgan fingerprint density at radius 1 is 1.37 bits per heavy atom. The van der Waals surface area contributed by atoms with Crippen molar-refractivity contribution >= 4 is 38.5 Å². The molecule has 7 heteroatoms. The summed E-state index contributed by atoms with van der Waals surface area (Å²) in [6.45, 7) is 2.28. The van der Waals surface area contributed by atoms with Crippen LogP contribution in [-0.4, -0.2) is 15.5 Å². The van der Waals surface area contributed by atoms with Crippen molar-refractivity contribution in [1.82, 2.24) is 9.55 Å². The Morgan fingerprint density at radius 2 is 2.19 bits per heavy atom. The van der Waals surface area contributed by atoms with E-state index in [9.17, 15) is 9.59 Å². The number of carbonyl (C=O) groups excluding carboxylic acids is 1. The van der Waals surface area contributed by atoms with Crippen LogP contribution in [0.5, 0.6) is 0 Å². The molecule has 1 unspecified atom stereocenters. The third kappa shape index (κ3) is 2.15. The number of hydrogen-bond donors (Lipinski definition) is 1. The van der Waals surface area contributed by atoms with E-state index in [1.807, 2.05) is 31.2 Å². The minimum atomic E-state index is -0.508. The highest BCUT2D eigenvalue weighted by molar-refractivity contribution is 9.10. The third-order valence-corrected chi connectivity index (χ3v) is 6.17. The Labute approximate surface area is 163 Å². The van der Waals surface area contributed by atoms with E-state index in [4.69, 9.17) is 15.5 Å². The number of rotatable bonds is 1. The minimum Gasteiger partial charge on any atom is -0.460 e. The van der Waals surface area contributed by atoms with Gasteiger partial charge < -0.3 is 15.0 Å². The summed E-state index contributed by atoms with van der Waals surface area (Å²) in [5, 5.41) is 0.991. The molecule has 0 radical (unpaired) electrons. The largest absolute Gasteiger partial charge is 0.460 e. The molecule has 0 saturated heterocycles. The Hall–Kier alpha value is -2.67. The molecular formula is C20H16BrN3O3. The van der Waals surface area contributed by atoms with Gasteiger partial charge in [-0.15, -0.1) is 0 Å². The molecule has 2 aromatic heterocycles. The normalized spacial score (nSPS) is 17.4. The first-order valence-corrected chi connectivity index (χ1v) is 9.60. The lowest BCUT2D eigenvalue weighted by Crippen LogP contribution is -2.33. The smallest absolute Gasteiger partial charge is 0.313 e. The van der Waals surface area contributed by atoms with Crippen LogP contribution in [0.4, 0.5) is 5.69 Å². The number of cyclic esters (lactones) is 1. The molecule has 4 heterocycles. The molecule has 2 aliphatic heterocycles. The summed E-state index contributed by atoms with van der Waals surface area (Å²) in [6, 6.07) is 7.87. The average Bonchev–Trinajstić information content (AvgIpc) is 3.03. The van der Waals surface area contributed by atoms with Gasteiger partial charge in [-0.1, -0.05) is 28.9 Å². The number of benzene rings is 1. The SMILES string of the molecule is CCC1C(=O)OCc2c1c(N)c1n(c2=O)Cc2cc3c(Br)cccc3nc2-1. The van der Waals surface area contributed by atoms with Gasteiger partial charge in [0.25, 0.3) is 5.56 Å². The molecule has 0 amide bonds. The van der Waals surface area contributed by atoms with Gasteiger partial charge in [0.2, 0.25) is 0 Å². The first-order chi connectivity index (χ1) is 13.0. The highest BCUT2D eigenvalue weighted by atomic mass is 79.9. The summed E-state index contributed by atoms with van der Waals surface area (Å²) < 4.78 is 7.84. The maximum Gasteiger partial charge on any atom is 0.313 e. The maximum absolute atomic E-state index is 13.1. The van der Waals surface area contributed by atoms with E-state index in [1.54, 1.807) is 4.57 Å². The third-order valence-electron chi connectivity index (χ3n) is 5.48. The first kappa shape index (κ1) is 16.5. The molecule has 0 saturated carbocycles. The van der Waals surface area contributed by atoms with Gasteiger partial charge in [0.05, 0.1) is 40.6 Å². The Kier molecular flexibility index (Phi) is 3.46. The number of nitrogens with two attached hydrogens (primary N) is 1. The molecule has 2 N–H and O–H groups in total. The van der Waals surface area contributed by atoms with E-state index in [-0.39, 0.29) is 18.1 Å². The van der Waals surface area contributed by atoms with Crippen molar-refractivity contribution in [2.45, 2.75) is 32.4 Å². The second kappa shape index (κ2) is 5.66. The molecule has 0 spiro atoms. The van der Waals surface area contributed by atoms with Crippen LogP contribution in [0.3, 0.4) is 0 Å². The predicted molar refractivity (Wildman–Crippen MR) is 105 cm³/mol. The second-order valence-electron chi connectivity index (χ2n) is 6.92. The number of hydrogen-bond acceptors (Lipinski definition) is 5. The number of ether oxygens (including phenoxy) is 1. The molecule has 0 fully saturated rings. The van der Waals surface area contributed by atoms with Crippen molar-refractivity contribution in [3.63, 3.8) is 0 Å². The van der Waals surface area contributed by atoms with Crippen molar-refractivity contribution < 1.29 is 9.53 Å². The Bertz CT molecular complexity index is 1220. The predicted octanol–water partition coefficient (Wildman–Crippen LogP) is 3.32. The molecule has 0 aliphatic carbocycles. The standard InChI is InChI=1S/C20H16BrN3O3/c1-2-10-15-12(8-27-20(10)26)19(25)24-7-9-6-11-13(21)4-3-5-14(11)23-17(9)18(24)16(15)22/h3-6,10H,2,7-8,22H2,1H3. The minimum absolute atomic E-state index is 0.0225. The van der Waals surface area contributed by atoms with E-state index in [0.29, 0.717) is 41.2 Å². The maximum atomic E-state index is 13.1. The van der Waals surface area contributed by atoms with Gasteiger partial charge in [-0.2, -0.15) is 0 Å². The van der Waals surface area contributed by atoms with Gasteiger partial charge in [0.1, 0.15) is 6.61 Å². The van der Waals surface area contributed by atoms with Crippen LogP contribution in [0, 0.1) is 0 Å². The van der Waals surface area contributed by atoms with E-state index in [2.05, 4.69) is 15.9 Å². The van der Waals surface area contributed by atoms with Crippen LogP contribution in [0.2, 0.25) is 0 Å². The number of carbonyl (C=O) groups is 1. The summed E-state index contributed by atoms with van der Waals surface area (Å²) >= 11 is 3.56. The molecule has 1 atom stereocenters. The van der Waals surface area contributed by atoms with Gasteiger partial charge >= 0.3 is 5.97 Å². The van der Waals surface area contributed by atoms with Gasteiger partial charge in [-0.3, -0.25) is 9.59 Å². The van der Waals surface area contributed by atoms with Crippen LogP contribution >= 0.6 is 15.9 Å². The number of halogens is 1. The molecular weight excluding hydrogens is 410 g/mol. The van der Waals surface area contributed by atoms with E-state index in [1.165, 1.54) is 0 Å². The summed E-state index contributed by atoms with van der Waals surface area (Å²) in [4.78, 5) is 30.1. The summed E-state index contributed by atoms with van der Waals surface area (Å²) in [5.41, 5.74) is 11.0. The first-order valence-electron chi connectivity index (χ1n) is 8.81. The monoisotopic (exact) mass is 425 g/mol. The summed E-state index contributed by atoms with van der Waals surface area (Å²) in [6.07, 6.45) is 0.532. The lowest BCUT2D eigenvalue weighted by Gasteiger charge is -2.26. The topological polar surface area (TPSA) is 87.2 Å². The molecule has 2 aliphatic rings. The van der Waals surface area contributed by atoms with E-state index in [0.717, 1.165) is 20.9 Å². The lowest BCUT2D eigenvalue weighted by atomic mass is 9.89. The highest BCUT2D eigenvalue weighted by Crippen LogP contribution is 2.42. The number of nitrogen functional groups attached to an aromatic ring is 1. The summed E-state index contributed by atoms with van der Waals surface area (Å²) in [7, 11) is 0. The number of pyridine rings is 2. The number of esters is 1. The highest BCUT2D eigenvalue weighted by Gasteiger charge is 2.37. The van der Waals surface area contributed by atoms with Crippen LogP contribution in [0.15, 0.2) is 33.5 Å². The van der Waals surface area contributed by atoms with Crippen LogP contribution in [-0.2, 0) is 22.7 Å². The molecule has 1 aromatic carbocycles. The van der Waals surface area contributed by atoms with Crippen molar-refractivity contribution in [1.29, 1.82) is 0 Å². The van der Waals surface area contributed by atoms with Crippen LogP contribution in [0.1, 0.15) is 36.0 Å². The molecule has 5 rings (SSSR count). The van der Waals surface area contributed by atoms with Gasteiger partial charge in [-0.05, 0) is 24.6 Å². The number of fused-ring (bicyclic) bond motifs is 5. The van der Waals surface area contributed by atoms with Crippen molar-refractivity contribution in [3.05, 3.63) is 55.8 Å². The fourth-order valence-electron chi connectivity index (χ4n) is 4.19. The molecule has 0 bridgehead atoms. The molecule has 3 aromatic rings. The quantitative estimate of drug-likeness (QED) is 0.472. The number of anilines is 1. The average molecular weight is 426 g/mol. The molecule has 6 nitrogen and oxygen atoms in total. The van der Waals surface area contributed by atoms with Gasteiger partial charge in [0, 0.05) is 21.0 Å². The zero-order valence-corrected chi connectivity index (χ0v) is 16.2. The Balaban J connectivity index is 1.84. The van der Waals surface area contributed by atoms with Crippen LogP contribution < -0.4 is 11.3 Å². The zero-order chi connectivity index (χ0) is 18.9. The lowest BCUT2D eigenvalue weighted by molar-refractivity contribution is -0.148.